The van der Waals surface area contributed by atoms with Crippen LogP contribution in [0, 0.1) is 11.8 Å². The first-order valence-electron chi connectivity index (χ1n) is 10.9. The van der Waals surface area contributed by atoms with Gasteiger partial charge in [0, 0.05) is 0 Å². The van der Waals surface area contributed by atoms with Crippen LogP contribution in [-0.2, 0) is 9.59 Å². The molecule has 0 aliphatic rings. The number of hydrogen-bond donors (Lipinski definition) is 4. The van der Waals surface area contributed by atoms with E-state index in [4.69, 9.17) is 10.2 Å². The summed E-state index contributed by atoms with van der Waals surface area (Å²) in [5, 5.41) is 35.4. The molecule has 0 aliphatic heterocycles. The number of carbonyl (C=O) groups is 2. The van der Waals surface area contributed by atoms with Crippen LogP contribution < -0.4 is 0 Å². The zero-order valence-corrected chi connectivity index (χ0v) is 18.4. The van der Waals surface area contributed by atoms with Gasteiger partial charge in [0.25, 0.3) is 0 Å². The Balaban J connectivity index is 0. The maximum atomic E-state index is 10.2. The van der Waals surface area contributed by atoms with Crippen LogP contribution in [0.5, 0.6) is 0 Å². The van der Waals surface area contributed by atoms with Crippen LogP contribution in [0.25, 0.3) is 0 Å². The van der Waals surface area contributed by atoms with Gasteiger partial charge in [-0.2, -0.15) is 0 Å². The molecule has 0 aromatic heterocycles. The van der Waals surface area contributed by atoms with Crippen LogP contribution >= 0.6 is 0 Å². The van der Waals surface area contributed by atoms with E-state index in [2.05, 4.69) is 27.7 Å². The Hall–Kier alpha value is -1.14. The third-order valence-electron chi connectivity index (χ3n) is 4.85. The molecule has 0 rings (SSSR count). The summed E-state index contributed by atoms with van der Waals surface area (Å²) < 4.78 is 0. The van der Waals surface area contributed by atoms with E-state index >= 15 is 0 Å². The van der Waals surface area contributed by atoms with Crippen LogP contribution in [0.1, 0.15) is 105 Å². The van der Waals surface area contributed by atoms with Crippen molar-refractivity contribution in [1.29, 1.82) is 0 Å². The van der Waals surface area contributed by atoms with E-state index in [0.717, 1.165) is 25.7 Å². The Morgan fingerprint density at radius 2 is 0.964 bits per heavy atom. The van der Waals surface area contributed by atoms with Crippen LogP contribution in [0.2, 0.25) is 0 Å². The molecule has 6 heteroatoms. The highest BCUT2D eigenvalue weighted by Gasteiger charge is 2.10. The molecule has 168 valence electrons. The molecule has 0 fully saturated rings. The van der Waals surface area contributed by atoms with Gasteiger partial charge in [-0.3, -0.25) is 9.59 Å². The minimum Gasteiger partial charge on any atom is -0.481 e. The molecule has 0 aliphatic carbocycles. The molecule has 0 aromatic rings. The first kappa shape index (κ1) is 29.1. The Morgan fingerprint density at radius 3 is 1.21 bits per heavy atom. The molecule has 4 unspecified atom stereocenters. The number of aliphatic hydroxyl groups excluding tert-OH is 2. The van der Waals surface area contributed by atoms with Crippen molar-refractivity contribution in [3.8, 4) is 0 Å². The standard InChI is InChI=1S/2C11H22O3/c2*1-3-5-9(2)6-4-7-10(12)8-11(13)14/h2*9-10,12H,3-8H2,1-2H3,(H,13,14). The smallest absolute Gasteiger partial charge is 0.305 e. The second-order valence-corrected chi connectivity index (χ2v) is 8.15. The lowest BCUT2D eigenvalue weighted by Crippen LogP contribution is -2.12. The molecule has 28 heavy (non-hydrogen) atoms. The highest BCUT2D eigenvalue weighted by molar-refractivity contribution is 5.67. The van der Waals surface area contributed by atoms with E-state index in [0.29, 0.717) is 24.7 Å². The number of aliphatic carboxylic acids is 2. The van der Waals surface area contributed by atoms with Gasteiger partial charge >= 0.3 is 11.9 Å². The molecule has 0 spiro atoms. The topological polar surface area (TPSA) is 115 Å². The van der Waals surface area contributed by atoms with Gasteiger partial charge in [0.05, 0.1) is 25.0 Å². The van der Waals surface area contributed by atoms with Crippen molar-refractivity contribution in [2.45, 2.75) is 117 Å². The average Bonchev–Trinajstić information content (AvgIpc) is 2.54. The first-order chi connectivity index (χ1) is 13.1. The summed E-state index contributed by atoms with van der Waals surface area (Å²) in [6.07, 6.45) is 8.50. The molecule has 0 bridgehead atoms. The van der Waals surface area contributed by atoms with E-state index < -0.39 is 24.1 Å². The normalized spacial score (nSPS) is 15.1. The number of aliphatic hydroxyl groups is 2. The van der Waals surface area contributed by atoms with Gasteiger partial charge in [-0.1, -0.05) is 79.1 Å². The van der Waals surface area contributed by atoms with Gasteiger partial charge in [0.15, 0.2) is 0 Å². The van der Waals surface area contributed by atoms with E-state index in [-0.39, 0.29) is 12.8 Å². The summed E-state index contributed by atoms with van der Waals surface area (Å²) in [6, 6.07) is 0. The molecule has 0 heterocycles. The van der Waals surface area contributed by atoms with Crippen molar-refractivity contribution in [2.75, 3.05) is 0 Å². The summed E-state index contributed by atoms with van der Waals surface area (Å²) in [6.45, 7) is 8.73. The monoisotopic (exact) mass is 404 g/mol. The van der Waals surface area contributed by atoms with Crippen molar-refractivity contribution in [3.63, 3.8) is 0 Å². The zero-order chi connectivity index (χ0) is 21.9. The maximum Gasteiger partial charge on any atom is 0.305 e. The molecular weight excluding hydrogens is 360 g/mol. The third kappa shape index (κ3) is 22.9. The Morgan fingerprint density at radius 1 is 0.643 bits per heavy atom. The lowest BCUT2D eigenvalue weighted by atomic mass is 9.97. The van der Waals surface area contributed by atoms with Gasteiger partial charge in [-0.05, 0) is 24.7 Å². The lowest BCUT2D eigenvalue weighted by molar-refractivity contribution is -0.140. The average molecular weight is 405 g/mol. The quantitative estimate of drug-likeness (QED) is 0.292. The Labute approximate surface area is 171 Å². The van der Waals surface area contributed by atoms with Gasteiger partial charge in [0.2, 0.25) is 0 Å². The Bertz CT molecular complexity index is 349. The first-order valence-corrected chi connectivity index (χ1v) is 10.9. The highest BCUT2D eigenvalue weighted by atomic mass is 16.4. The van der Waals surface area contributed by atoms with Gasteiger partial charge in [-0.25, -0.2) is 0 Å². The minimum absolute atomic E-state index is 0.123. The van der Waals surface area contributed by atoms with Crippen LogP contribution in [0.15, 0.2) is 0 Å². The van der Waals surface area contributed by atoms with E-state index in [1.807, 2.05) is 0 Å². The minimum atomic E-state index is -0.917. The fourth-order valence-electron chi connectivity index (χ4n) is 3.29. The zero-order valence-electron chi connectivity index (χ0n) is 18.4. The Kier molecular flexibility index (Phi) is 19.9. The summed E-state index contributed by atoms with van der Waals surface area (Å²) in [7, 11) is 0. The third-order valence-corrected chi connectivity index (χ3v) is 4.85. The van der Waals surface area contributed by atoms with Crippen molar-refractivity contribution < 1.29 is 30.0 Å². The van der Waals surface area contributed by atoms with Crippen LogP contribution in [0.4, 0.5) is 0 Å². The predicted octanol–water partition coefficient (Wildman–Crippen LogP) is 4.86. The molecule has 0 amide bonds. The number of carboxylic acids is 2. The SMILES string of the molecule is CCCC(C)CCCC(O)CC(=O)O.CCCC(C)CCCC(O)CC(=O)O. The van der Waals surface area contributed by atoms with Crippen LogP contribution in [-0.4, -0.2) is 44.6 Å². The number of rotatable bonds is 16. The molecule has 4 atom stereocenters. The van der Waals surface area contributed by atoms with E-state index in [1.165, 1.54) is 25.7 Å². The fourth-order valence-corrected chi connectivity index (χ4v) is 3.29. The highest BCUT2D eigenvalue weighted by Crippen LogP contribution is 2.16. The van der Waals surface area contributed by atoms with Gasteiger partial charge < -0.3 is 20.4 Å². The lowest BCUT2D eigenvalue weighted by Gasteiger charge is -2.11. The number of hydrogen-bond acceptors (Lipinski definition) is 4. The maximum absolute atomic E-state index is 10.2. The molecule has 4 N–H and O–H groups in total. The van der Waals surface area contributed by atoms with Crippen molar-refractivity contribution >= 4 is 11.9 Å². The fraction of sp³-hybridized carbons (Fsp3) is 0.909. The van der Waals surface area contributed by atoms with Crippen LogP contribution in [0.3, 0.4) is 0 Å². The molecule has 0 aromatic carbocycles. The molecule has 0 saturated heterocycles. The summed E-state index contributed by atoms with van der Waals surface area (Å²) in [4.78, 5) is 20.5. The molecule has 0 radical (unpaired) electrons. The van der Waals surface area contributed by atoms with Crippen molar-refractivity contribution in [1.82, 2.24) is 0 Å². The van der Waals surface area contributed by atoms with Gasteiger partial charge in [0.1, 0.15) is 0 Å². The van der Waals surface area contributed by atoms with Gasteiger partial charge in [-0.15, -0.1) is 0 Å². The summed E-state index contributed by atoms with van der Waals surface area (Å²) in [5.74, 6) is -0.452. The summed E-state index contributed by atoms with van der Waals surface area (Å²) >= 11 is 0. The van der Waals surface area contributed by atoms with Crippen molar-refractivity contribution in [2.24, 2.45) is 11.8 Å². The predicted molar refractivity (Wildman–Crippen MR) is 112 cm³/mol. The second-order valence-electron chi connectivity index (χ2n) is 8.15. The van der Waals surface area contributed by atoms with Crippen molar-refractivity contribution in [3.05, 3.63) is 0 Å². The molecule has 6 nitrogen and oxygen atoms in total. The second kappa shape index (κ2) is 19.2. The summed E-state index contributed by atoms with van der Waals surface area (Å²) in [5.41, 5.74) is 0. The largest absolute Gasteiger partial charge is 0.481 e. The molecular formula is C22H44O6. The number of carboxylic acid groups (broad SMARTS) is 2. The van der Waals surface area contributed by atoms with E-state index in [9.17, 15) is 19.8 Å². The van der Waals surface area contributed by atoms with E-state index in [1.54, 1.807) is 0 Å². The molecule has 0 saturated carbocycles.